The lowest BCUT2D eigenvalue weighted by Crippen LogP contribution is -2.44. The van der Waals surface area contributed by atoms with E-state index < -0.39 is 10.0 Å². The zero-order valence-corrected chi connectivity index (χ0v) is 18.3. The van der Waals surface area contributed by atoms with Crippen molar-refractivity contribution in [1.82, 2.24) is 9.21 Å². The molecule has 5 nitrogen and oxygen atoms in total. The Morgan fingerprint density at radius 1 is 1.07 bits per heavy atom. The number of likely N-dealkylation sites (tertiary alicyclic amines) is 1. The van der Waals surface area contributed by atoms with Gasteiger partial charge in [0.25, 0.3) is 0 Å². The third kappa shape index (κ3) is 5.25. The number of carbonyl (C=O) groups excluding carboxylic acids is 1. The van der Waals surface area contributed by atoms with Crippen LogP contribution in [-0.4, -0.2) is 50.2 Å². The van der Waals surface area contributed by atoms with Crippen LogP contribution >= 0.6 is 0 Å². The number of rotatable bonds is 6. The third-order valence-corrected chi connectivity index (χ3v) is 7.67. The highest BCUT2D eigenvalue weighted by molar-refractivity contribution is 7.89. The molecule has 29 heavy (non-hydrogen) atoms. The fourth-order valence-corrected chi connectivity index (χ4v) is 5.29. The molecule has 6 heteroatoms. The highest BCUT2D eigenvalue weighted by atomic mass is 32.2. The monoisotopic (exact) mass is 414 g/mol. The quantitative estimate of drug-likeness (QED) is 0.728. The lowest BCUT2D eigenvalue weighted by molar-refractivity contribution is -0.132. The van der Waals surface area contributed by atoms with Crippen LogP contribution in [0.4, 0.5) is 0 Å². The summed E-state index contributed by atoms with van der Waals surface area (Å²) in [5.74, 6) is 0.442. The molecular formula is C23H30N2O3S. The van der Waals surface area contributed by atoms with Crippen LogP contribution in [0.25, 0.3) is 0 Å². The minimum atomic E-state index is -3.69. The number of piperidine rings is 1. The molecule has 0 radical (unpaired) electrons. The summed E-state index contributed by atoms with van der Waals surface area (Å²) in [5.41, 5.74) is 2.91. The van der Waals surface area contributed by atoms with Crippen LogP contribution in [0.3, 0.4) is 0 Å². The molecule has 2 aromatic rings. The molecule has 0 N–H and O–H groups in total. The van der Waals surface area contributed by atoms with Gasteiger partial charge in [-0.2, -0.15) is 4.31 Å². The van der Waals surface area contributed by atoms with Gasteiger partial charge in [0, 0.05) is 20.1 Å². The van der Waals surface area contributed by atoms with Crippen molar-refractivity contribution in [3.8, 4) is 0 Å². The van der Waals surface area contributed by atoms with E-state index in [1.807, 2.05) is 19.1 Å². The third-order valence-electron chi connectivity index (χ3n) is 5.72. The summed E-state index contributed by atoms with van der Waals surface area (Å²) in [5, 5.41) is 0. The first kappa shape index (κ1) is 21.5. The van der Waals surface area contributed by atoms with Crippen LogP contribution in [0, 0.1) is 19.8 Å². The van der Waals surface area contributed by atoms with Crippen molar-refractivity contribution < 1.29 is 13.2 Å². The van der Waals surface area contributed by atoms with E-state index in [9.17, 15) is 13.2 Å². The SMILES string of the molecule is Cc1ccc(C)c(S(=O)(=O)N(C)CC(=O)N2CCC(Cc3ccccc3)CC2)c1. The van der Waals surface area contributed by atoms with Crippen molar-refractivity contribution in [2.45, 2.75) is 38.0 Å². The van der Waals surface area contributed by atoms with E-state index in [-0.39, 0.29) is 17.3 Å². The van der Waals surface area contributed by atoms with E-state index in [0.717, 1.165) is 24.8 Å². The number of benzene rings is 2. The second-order valence-corrected chi connectivity index (χ2v) is 10.1. The Morgan fingerprint density at radius 2 is 1.72 bits per heavy atom. The van der Waals surface area contributed by atoms with Gasteiger partial charge in [0.15, 0.2) is 0 Å². The molecule has 0 bridgehead atoms. The molecule has 2 aromatic carbocycles. The summed E-state index contributed by atoms with van der Waals surface area (Å²) >= 11 is 0. The van der Waals surface area contributed by atoms with Gasteiger partial charge in [0.1, 0.15) is 0 Å². The van der Waals surface area contributed by atoms with E-state index in [1.54, 1.807) is 24.0 Å². The highest BCUT2D eigenvalue weighted by Gasteiger charge is 2.28. The summed E-state index contributed by atoms with van der Waals surface area (Å²) in [7, 11) is -2.21. The molecule has 1 aliphatic rings. The Morgan fingerprint density at radius 3 is 2.38 bits per heavy atom. The number of sulfonamides is 1. The van der Waals surface area contributed by atoms with Gasteiger partial charge < -0.3 is 4.90 Å². The summed E-state index contributed by atoms with van der Waals surface area (Å²) in [6.45, 7) is 4.89. The van der Waals surface area contributed by atoms with E-state index >= 15 is 0 Å². The zero-order chi connectivity index (χ0) is 21.0. The summed E-state index contributed by atoms with van der Waals surface area (Å²) < 4.78 is 27.0. The second kappa shape index (κ2) is 9.09. The van der Waals surface area contributed by atoms with Gasteiger partial charge in [-0.05, 0) is 61.8 Å². The molecular weight excluding hydrogens is 384 g/mol. The maximum atomic E-state index is 12.9. The van der Waals surface area contributed by atoms with E-state index in [1.165, 1.54) is 16.9 Å². The summed E-state index contributed by atoms with van der Waals surface area (Å²) in [6, 6.07) is 15.8. The van der Waals surface area contributed by atoms with Crippen molar-refractivity contribution in [3.05, 3.63) is 65.2 Å². The van der Waals surface area contributed by atoms with Gasteiger partial charge in [-0.15, -0.1) is 0 Å². The topological polar surface area (TPSA) is 57.7 Å². The first-order chi connectivity index (χ1) is 13.8. The van der Waals surface area contributed by atoms with Gasteiger partial charge in [-0.3, -0.25) is 4.79 Å². The number of aryl methyl sites for hydroxylation is 2. The molecule has 1 amide bonds. The Hall–Kier alpha value is -2.18. The van der Waals surface area contributed by atoms with Gasteiger partial charge in [-0.25, -0.2) is 8.42 Å². The Bertz CT molecular complexity index is 949. The molecule has 0 unspecified atom stereocenters. The number of carbonyl (C=O) groups is 1. The van der Waals surface area contributed by atoms with Crippen molar-refractivity contribution >= 4 is 15.9 Å². The standard InChI is InChI=1S/C23H30N2O3S/c1-18-9-10-19(2)22(15-18)29(27,28)24(3)17-23(26)25-13-11-21(12-14-25)16-20-7-5-4-6-8-20/h4-10,15,21H,11-14,16-17H2,1-3H3. The van der Waals surface area contributed by atoms with Gasteiger partial charge in [-0.1, -0.05) is 42.5 Å². The van der Waals surface area contributed by atoms with Crippen LogP contribution in [0.1, 0.15) is 29.5 Å². The number of nitrogens with zero attached hydrogens (tertiary/aromatic N) is 2. The highest BCUT2D eigenvalue weighted by Crippen LogP contribution is 2.23. The fraction of sp³-hybridized carbons (Fsp3) is 0.435. The predicted octanol–water partition coefficient (Wildman–Crippen LogP) is 3.41. The number of likely N-dealkylation sites (N-methyl/N-ethyl adjacent to an activating group) is 1. The maximum absolute atomic E-state index is 12.9. The smallest absolute Gasteiger partial charge is 0.243 e. The van der Waals surface area contributed by atoms with E-state index in [2.05, 4.69) is 24.3 Å². The lowest BCUT2D eigenvalue weighted by Gasteiger charge is -2.33. The largest absolute Gasteiger partial charge is 0.342 e. The first-order valence-electron chi connectivity index (χ1n) is 10.1. The first-order valence-corrected chi connectivity index (χ1v) is 11.6. The van der Waals surface area contributed by atoms with Crippen molar-refractivity contribution in [1.29, 1.82) is 0 Å². The van der Waals surface area contributed by atoms with Crippen LogP contribution in [0.15, 0.2) is 53.4 Å². The average Bonchev–Trinajstić information content (AvgIpc) is 2.71. The molecule has 1 fully saturated rings. The van der Waals surface area contributed by atoms with Gasteiger partial charge in [0.05, 0.1) is 11.4 Å². The molecule has 0 aromatic heterocycles. The van der Waals surface area contributed by atoms with Crippen molar-refractivity contribution in [2.75, 3.05) is 26.7 Å². The van der Waals surface area contributed by atoms with E-state index in [0.29, 0.717) is 24.6 Å². The lowest BCUT2D eigenvalue weighted by atomic mass is 9.90. The Balaban J connectivity index is 1.57. The van der Waals surface area contributed by atoms with Crippen LogP contribution in [-0.2, 0) is 21.2 Å². The van der Waals surface area contributed by atoms with Gasteiger partial charge >= 0.3 is 0 Å². The summed E-state index contributed by atoms with van der Waals surface area (Å²) in [4.78, 5) is 14.8. The number of hydrogen-bond acceptors (Lipinski definition) is 3. The molecule has 1 heterocycles. The summed E-state index contributed by atoms with van der Waals surface area (Å²) in [6.07, 6.45) is 2.94. The van der Waals surface area contributed by atoms with Crippen LogP contribution in [0.5, 0.6) is 0 Å². The molecule has 0 saturated carbocycles. The normalized spacial score (nSPS) is 15.7. The van der Waals surface area contributed by atoms with Crippen LogP contribution in [0.2, 0.25) is 0 Å². The fourth-order valence-electron chi connectivity index (χ4n) is 3.86. The van der Waals surface area contributed by atoms with Crippen molar-refractivity contribution in [2.24, 2.45) is 5.92 Å². The minimum absolute atomic E-state index is 0.125. The molecule has 3 rings (SSSR count). The number of hydrogen-bond donors (Lipinski definition) is 0. The van der Waals surface area contributed by atoms with E-state index in [4.69, 9.17) is 0 Å². The Kier molecular flexibility index (Phi) is 6.75. The average molecular weight is 415 g/mol. The molecule has 0 spiro atoms. The van der Waals surface area contributed by atoms with Crippen LogP contribution < -0.4 is 0 Å². The minimum Gasteiger partial charge on any atom is -0.342 e. The predicted molar refractivity (Wildman–Crippen MR) is 115 cm³/mol. The molecule has 1 aliphatic heterocycles. The molecule has 0 aliphatic carbocycles. The van der Waals surface area contributed by atoms with Gasteiger partial charge in [0.2, 0.25) is 15.9 Å². The Labute approximate surface area is 174 Å². The molecule has 0 atom stereocenters. The second-order valence-electron chi connectivity index (χ2n) is 8.04. The number of amides is 1. The molecule has 156 valence electrons. The molecule has 1 saturated heterocycles. The van der Waals surface area contributed by atoms with Crippen molar-refractivity contribution in [3.63, 3.8) is 0 Å². The zero-order valence-electron chi connectivity index (χ0n) is 17.5. The maximum Gasteiger partial charge on any atom is 0.243 e.